The van der Waals surface area contributed by atoms with Crippen molar-refractivity contribution in [3.8, 4) is 5.75 Å². The zero-order valence-electron chi connectivity index (χ0n) is 13.6. The summed E-state index contributed by atoms with van der Waals surface area (Å²) in [6, 6.07) is 13.8. The van der Waals surface area contributed by atoms with Crippen LogP contribution in [0.4, 0.5) is 0 Å². The van der Waals surface area contributed by atoms with Gasteiger partial charge in [-0.3, -0.25) is 9.78 Å². The van der Waals surface area contributed by atoms with E-state index in [2.05, 4.69) is 22.5 Å². The number of aromatic nitrogens is 1. The van der Waals surface area contributed by atoms with E-state index in [9.17, 15) is 4.79 Å². The van der Waals surface area contributed by atoms with E-state index in [4.69, 9.17) is 4.74 Å². The van der Waals surface area contributed by atoms with Crippen LogP contribution in [0, 0.1) is 0 Å². The van der Waals surface area contributed by atoms with Gasteiger partial charge in [0, 0.05) is 31.4 Å². The molecule has 1 heterocycles. The van der Waals surface area contributed by atoms with Crippen LogP contribution >= 0.6 is 0 Å². The zero-order chi connectivity index (χ0) is 16.5. The van der Waals surface area contributed by atoms with Gasteiger partial charge in [0.05, 0.1) is 5.69 Å². The Morgan fingerprint density at radius 3 is 2.70 bits per heavy atom. The molecule has 0 spiro atoms. The van der Waals surface area contributed by atoms with Gasteiger partial charge in [-0.15, -0.1) is 0 Å². The minimum absolute atomic E-state index is 0.0180. The van der Waals surface area contributed by atoms with Gasteiger partial charge in [0.1, 0.15) is 5.75 Å². The Balaban J connectivity index is 2.06. The van der Waals surface area contributed by atoms with Crippen molar-refractivity contribution in [3.63, 3.8) is 0 Å². The molecule has 0 unspecified atom stereocenters. The molecule has 23 heavy (non-hydrogen) atoms. The van der Waals surface area contributed by atoms with Crippen molar-refractivity contribution in [1.82, 2.24) is 15.6 Å². The fraction of sp³-hybridized carbons (Fsp3) is 0.333. The van der Waals surface area contributed by atoms with E-state index in [1.165, 1.54) is 0 Å². The fourth-order valence-electron chi connectivity index (χ4n) is 2.32. The van der Waals surface area contributed by atoms with Crippen molar-refractivity contribution < 1.29 is 9.53 Å². The lowest BCUT2D eigenvalue weighted by atomic mass is 10.0. The molecule has 5 heteroatoms. The smallest absolute Gasteiger partial charge is 0.257 e. The first-order chi connectivity index (χ1) is 11.2. The van der Waals surface area contributed by atoms with Crippen molar-refractivity contribution in [2.75, 3.05) is 13.7 Å². The second-order valence-electron chi connectivity index (χ2n) is 5.16. The predicted octanol–water partition coefficient (Wildman–Crippen LogP) is 2.45. The minimum Gasteiger partial charge on any atom is -0.483 e. The minimum atomic E-state index is -0.144. The lowest BCUT2D eigenvalue weighted by Crippen LogP contribution is -2.26. The van der Waals surface area contributed by atoms with E-state index in [-0.39, 0.29) is 18.6 Å². The van der Waals surface area contributed by atoms with E-state index in [0.717, 1.165) is 23.4 Å². The van der Waals surface area contributed by atoms with Gasteiger partial charge in [0.15, 0.2) is 6.61 Å². The van der Waals surface area contributed by atoms with Crippen LogP contribution in [0.1, 0.15) is 30.6 Å². The van der Waals surface area contributed by atoms with Gasteiger partial charge < -0.3 is 15.4 Å². The summed E-state index contributed by atoms with van der Waals surface area (Å²) in [5.74, 6) is 0.589. The SMILES string of the molecule is CC[C@H](NCc1ccccn1)c1ccccc1OCC(=O)NC. The number of hydrogen-bond donors (Lipinski definition) is 2. The largest absolute Gasteiger partial charge is 0.483 e. The molecule has 2 aromatic rings. The number of nitrogens with one attached hydrogen (secondary N) is 2. The number of rotatable bonds is 8. The summed E-state index contributed by atoms with van der Waals surface area (Å²) in [5.41, 5.74) is 2.05. The maximum absolute atomic E-state index is 11.4. The summed E-state index contributed by atoms with van der Waals surface area (Å²) in [6.45, 7) is 2.82. The molecule has 1 amide bonds. The molecule has 0 radical (unpaired) electrons. The number of amides is 1. The molecular formula is C18H23N3O2. The van der Waals surface area contributed by atoms with Crippen LogP contribution in [0.15, 0.2) is 48.7 Å². The summed E-state index contributed by atoms with van der Waals surface area (Å²) in [7, 11) is 1.60. The van der Waals surface area contributed by atoms with Gasteiger partial charge in [-0.2, -0.15) is 0 Å². The number of para-hydroxylation sites is 1. The van der Waals surface area contributed by atoms with Crippen molar-refractivity contribution in [1.29, 1.82) is 0 Å². The maximum Gasteiger partial charge on any atom is 0.257 e. The first kappa shape index (κ1) is 17.0. The standard InChI is InChI=1S/C18H23N3O2/c1-3-16(21-12-14-8-6-7-11-20-14)15-9-4-5-10-17(15)23-13-18(22)19-2/h4-11,16,21H,3,12-13H2,1-2H3,(H,19,22)/t16-/m0/s1. The summed E-state index contributed by atoms with van der Waals surface area (Å²) in [4.78, 5) is 15.7. The number of hydrogen-bond acceptors (Lipinski definition) is 4. The van der Waals surface area contributed by atoms with E-state index in [1.54, 1.807) is 13.2 Å². The third-order valence-electron chi connectivity index (χ3n) is 3.60. The highest BCUT2D eigenvalue weighted by Gasteiger charge is 2.14. The average Bonchev–Trinajstić information content (AvgIpc) is 2.62. The molecule has 0 bridgehead atoms. The van der Waals surface area contributed by atoms with Crippen molar-refractivity contribution in [3.05, 3.63) is 59.9 Å². The van der Waals surface area contributed by atoms with Crippen molar-refractivity contribution in [2.24, 2.45) is 0 Å². The van der Waals surface area contributed by atoms with Crippen molar-refractivity contribution in [2.45, 2.75) is 25.9 Å². The molecule has 1 aromatic carbocycles. The van der Waals surface area contributed by atoms with Crippen LogP contribution in [0.5, 0.6) is 5.75 Å². The van der Waals surface area contributed by atoms with Crippen LogP contribution in [-0.4, -0.2) is 24.5 Å². The summed E-state index contributed by atoms with van der Waals surface area (Å²) in [6.07, 6.45) is 2.70. The summed E-state index contributed by atoms with van der Waals surface area (Å²) < 4.78 is 5.66. The molecule has 122 valence electrons. The Morgan fingerprint density at radius 2 is 2.00 bits per heavy atom. The quantitative estimate of drug-likeness (QED) is 0.786. The van der Waals surface area contributed by atoms with Gasteiger partial charge in [-0.05, 0) is 24.6 Å². The maximum atomic E-state index is 11.4. The highest BCUT2D eigenvalue weighted by Crippen LogP contribution is 2.27. The molecule has 1 aromatic heterocycles. The summed E-state index contributed by atoms with van der Waals surface area (Å²) in [5, 5.41) is 6.06. The average molecular weight is 313 g/mol. The van der Waals surface area contributed by atoms with Crippen LogP contribution in [0.25, 0.3) is 0 Å². The third kappa shape index (κ3) is 5.07. The van der Waals surface area contributed by atoms with E-state index in [1.807, 2.05) is 42.5 Å². The zero-order valence-corrected chi connectivity index (χ0v) is 13.6. The molecular weight excluding hydrogens is 290 g/mol. The number of likely N-dealkylation sites (N-methyl/N-ethyl adjacent to an activating group) is 1. The number of ether oxygens (including phenoxy) is 1. The lowest BCUT2D eigenvalue weighted by molar-refractivity contribution is -0.122. The van der Waals surface area contributed by atoms with Crippen molar-refractivity contribution >= 4 is 5.91 Å². The molecule has 5 nitrogen and oxygen atoms in total. The van der Waals surface area contributed by atoms with Gasteiger partial charge in [-0.25, -0.2) is 0 Å². The molecule has 0 saturated heterocycles. The van der Waals surface area contributed by atoms with E-state index < -0.39 is 0 Å². The molecule has 2 rings (SSSR count). The molecule has 0 aliphatic heterocycles. The Kier molecular flexibility index (Phi) is 6.56. The second-order valence-corrected chi connectivity index (χ2v) is 5.16. The monoisotopic (exact) mass is 313 g/mol. The van der Waals surface area contributed by atoms with Crippen LogP contribution in [0.3, 0.4) is 0 Å². The number of pyridine rings is 1. The van der Waals surface area contributed by atoms with Crippen LogP contribution in [0.2, 0.25) is 0 Å². The molecule has 2 N–H and O–H groups in total. The normalized spacial score (nSPS) is 11.7. The molecule has 0 aliphatic rings. The number of carbonyl (C=O) groups is 1. The van der Waals surface area contributed by atoms with Gasteiger partial charge in [-0.1, -0.05) is 31.2 Å². The molecule has 0 fully saturated rings. The van der Waals surface area contributed by atoms with E-state index >= 15 is 0 Å². The first-order valence-corrected chi connectivity index (χ1v) is 7.80. The topological polar surface area (TPSA) is 63.3 Å². The van der Waals surface area contributed by atoms with E-state index in [0.29, 0.717) is 6.54 Å². The fourth-order valence-corrected chi connectivity index (χ4v) is 2.32. The van der Waals surface area contributed by atoms with Crippen LogP contribution < -0.4 is 15.4 Å². The Labute approximate surface area is 137 Å². The molecule has 0 saturated carbocycles. The van der Waals surface area contributed by atoms with Gasteiger partial charge >= 0.3 is 0 Å². The first-order valence-electron chi connectivity index (χ1n) is 7.80. The number of benzene rings is 1. The highest BCUT2D eigenvalue weighted by molar-refractivity contribution is 5.77. The number of nitrogens with zero attached hydrogens (tertiary/aromatic N) is 1. The van der Waals surface area contributed by atoms with Crippen LogP contribution in [-0.2, 0) is 11.3 Å². The Morgan fingerprint density at radius 1 is 1.22 bits per heavy atom. The summed E-state index contributed by atoms with van der Waals surface area (Å²) >= 11 is 0. The van der Waals surface area contributed by atoms with Gasteiger partial charge in [0.25, 0.3) is 5.91 Å². The predicted molar refractivity (Wildman–Crippen MR) is 90.1 cm³/mol. The number of carbonyl (C=O) groups excluding carboxylic acids is 1. The molecule has 0 aliphatic carbocycles. The lowest BCUT2D eigenvalue weighted by Gasteiger charge is -2.20. The highest BCUT2D eigenvalue weighted by atomic mass is 16.5. The Bertz CT molecular complexity index is 617. The van der Waals surface area contributed by atoms with Gasteiger partial charge in [0.2, 0.25) is 0 Å². The Hall–Kier alpha value is -2.40. The third-order valence-corrected chi connectivity index (χ3v) is 3.60. The second kappa shape index (κ2) is 8.90. The molecule has 1 atom stereocenters.